The summed E-state index contributed by atoms with van der Waals surface area (Å²) in [5, 5.41) is 23.1. The first-order chi connectivity index (χ1) is 12.9. The van der Waals surface area contributed by atoms with Crippen LogP contribution in [0.1, 0.15) is 23.3 Å². The summed E-state index contributed by atoms with van der Waals surface area (Å²) in [6.45, 7) is 0. The summed E-state index contributed by atoms with van der Waals surface area (Å²) in [5.74, 6) is 0. The quantitative estimate of drug-likeness (QED) is 0.563. The number of nitrogens with two attached hydrogens (primary N) is 1. The van der Waals surface area contributed by atoms with Gasteiger partial charge in [-0.2, -0.15) is 0 Å². The van der Waals surface area contributed by atoms with Crippen LogP contribution in [0.4, 0.5) is 5.69 Å². The number of quaternary nitrogens is 1. The van der Waals surface area contributed by atoms with Crippen LogP contribution in [0.3, 0.4) is 0 Å². The number of halogens is 2. The first kappa shape index (κ1) is 19.8. The van der Waals surface area contributed by atoms with E-state index in [0.717, 1.165) is 11.1 Å². The number of rotatable bonds is 5. The second-order valence-electron chi connectivity index (χ2n) is 6.40. The molecular formula is C21H20Cl2N2O2. The van der Waals surface area contributed by atoms with Crippen molar-refractivity contribution in [2.24, 2.45) is 5.73 Å². The SMILES string of the molecule is C[NH+]([O-])c1cccc(-c2ccc([C@@H](O)[C@@H](N)c3ccc(Cl)c(Cl)c3)cc2)c1. The number of hydrogen-bond acceptors (Lipinski definition) is 3. The third kappa shape index (κ3) is 4.50. The third-order valence-electron chi connectivity index (χ3n) is 4.52. The number of nitrogens with one attached hydrogen (secondary N) is 1. The van der Waals surface area contributed by atoms with Crippen molar-refractivity contribution in [3.63, 3.8) is 0 Å². The normalized spacial score (nSPS) is 14.6. The second-order valence-corrected chi connectivity index (χ2v) is 7.22. The first-order valence-corrected chi connectivity index (χ1v) is 9.22. The van der Waals surface area contributed by atoms with E-state index in [1.165, 1.54) is 0 Å². The molecule has 27 heavy (non-hydrogen) atoms. The van der Waals surface area contributed by atoms with Crippen LogP contribution in [0, 0.1) is 5.21 Å². The van der Waals surface area contributed by atoms with Gasteiger partial charge >= 0.3 is 0 Å². The molecule has 4 N–H and O–H groups in total. The molecule has 0 spiro atoms. The van der Waals surface area contributed by atoms with Gasteiger partial charge in [-0.15, -0.1) is 0 Å². The van der Waals surface area contributed by atoms with Crippen molar-refractivity contribution < 1.29 is 10.2 Å². The molecule has 0 aliphatic rings. The highest BCUT2D eigenvalue weighted by Crippen LogP contribution is 2.32. The highest BCUT2D eigenvalue weighted by molar-refractivity contribution is 6.42. The fourth-order valence-corrected chi connectivity index (χ4v) is 3.21. The van der Waals surface area contributed by atoms with Crippen LogP contribution in [0.2, 0.25) is 10.0 Å². The molecule has 4 nitrogen and oxygen atoms in total. The van der Waals surface area contributed by atoms with Crippen LogP contribution in [0.5, 0.6) is 0 Å². The largest absolute Gasteiger partial charge is 0.629 e. The van der Waals surface area contributed by atoms with E-state index in [2.05, 4.69) is 0 Å². The molecule has 1 unspecified atom stereocenters. The molecular weight excluding hydrogens is 383 g/mol. The zero-order chi connectivity index (χ0) is 19.6. The van der Waals surface area contributed by atoms with Gasteiger partial charge in [-0.3, -0.25) is 0 Å². The number of hydroxylamine groups is 1. The molecule has 3 atom stereocenters. The van der Waals surface area contributed by atoms with Crippen LogP contribution >= 0.6 is 23.2 Å². The monoisotopic (exact) mass is 402 g/mol. The van der Waals surface area contributed by atoms with Crippen LogP contribution in [0.15, 0.2) is 66.7 Å². The number of hydrogen-bond donors (Lipinski definition) is 3. The molecule has 0 bridgehead atoms. The lowest BCUT2D eigenvalue weighted by molar-refractivity contribution is -0.751. The van der Waals surface area contributed by atoms with Crippen LogP contribution in [-0.4, -0.2) is 12.2 Å². The van der Waals surface area contributed by atoms with Crippen molar-refractivity contribution >= 4 is 28.9 Å². The molecule has 0 aliphatic carbocycles. The minimum Gasteiger partial charge on any atom is -0.629 e. The highest BCUT2D eigenvalue weighted by Gasteiger charge is 2.19. The second kappa shape index (κ2) is 8.40. The van der Waals surface area contributed by atoms with Crippen molar-refractivity contribution in [3.8, 4) is 11.1 Å². The van der Waals surface area contributed by atoms with Crippen molar-refractivity contribution in [1.82, 2.24) is 0 Å². The van der Waals surface area contributed by atoms with E-state index in [4.69, 9.17) is 28.9 Å². The van der Waals surface area contributed by atoms with E-state index >= 15 is 0 Å². The fourth-order valence-electron chi connectivity index (χ4n) is 2.90. The van der Waals surface area contributed by atoms with E-state index < -0.39 is 12.1 Å². The summed E-state index contributed by atoms with van der Waals surface area (Å²) in [6, 6.07) is 19.4. The van der Waals surface area contributed by atoms with Crippen molar-refractivity contribution in [3.05, 3.63) is 93.1 Å². The molecule has 0 fully saturated rings. The Labute approximate surface area is 168 Å². The van der Waals surface area contributed by atoms with E-state index in [9.17, 15) is 10.3 Å². The Morgan fingerprint density at radius 3 is 2.19 bits per heavy atom. The highest BCUT2D eigenvalue weighted by atomic mass is 35.5. The molecule has 0 aliphatic heterocycles. The zero-order valence-corrected chi connectivity index (χ0v) is 16.2. The van der Waals surface area contributed by atoms with Gasteiger partial charge < -0.3 is 21.1 Å². The summed E-state index contributed by atoms with van der Waals surface area (Å²) < 4.78 is 0. The minimum atomic E-state index is -0.889. The predicted octanol–water partition coefficient (Wildman–Crippen LogP) is 4.04. The van der Waals surface area contributed by atoms with E-state index in [0.29, 0.717) is 26.9 Å². The molecule has 0 heterocycles. The van der Waals surface area contributed by atoms with E-state index in [1.54, 1.807) is 31.3 Å². The Bertz CT molecular complexity index is 930. The number of benzene rings is 3. The van der Waals surface area contributed by atoms with Gasteiger partial charge in [0, 0.05) is 6.07 Å². The van der Waals surface area contributed by atoms with Crippen LogP contribution in [-0.2, 0) is 0 Å². The molecule has 140 valence electrons. The van der Waals surface area contributed by atoms with E-state index in [1.807, 2.05) is 42.5 Å². The van der Waals surface area contributed by atoms with E-state index in [-0.39, 0.29) is 5.06 Å². The summed E-state index contributed by atoms with van der Waals surface area (Å²) in [4.78, 5) is 0. The van der Waals surface area contributed by atoms with Gasteiger partial charge in [0.25, 0.3) is 0 Å². The molecule has 3 aromatic rings. The summed E-state index contributed by atoms with van der Waals surface area (Å²) in [5.41, 5.74) is 10.2. The summed E-state index contributed by atoms with van der Waals surface area (Å²) >= 11 is 12.0. The Kier molecular flexibility index (Phi) is 6.17. The average Bonchev–Trinajstić information content (AvgIpc) is 2.69. The predicted molar refractivity (Wildman–Crippen MR) is 110 cm³/mol. The third-order valence-corrected chi connectivity index (χ3v) is 5.26. The fraction of sp³-hybridized carbons (Fsp3) is 0.143. The topological polar surface area (TPSA) is 73.8 Å². The molecule has 3 rings (SSSR count). The van der Waals surface area contributed by atoms with Gasteiger partial charge in [-0.25, -0.2) is 0 Å². The molecule has 3 aromatic carbocycles. The van der Waals surface area contributed by atoms with Crippen LogP contribution < -0.4 is 10.8 Å². The maximum atomic E-state index is 11.6. The molecule has 0 saturated carbocycles. The standard InChI is InChI=1S/C21H20Cl2N2O2/c1-25(27)17-4-2-3-15(11-17)13-5-7-14(8-6-13)21(26)20(24)16-9-10-18(22)19(23)12-16/h2-12,20-21,25-26H,24H2,1H3/t20-,21+/m0/s1. The Morgan fingerprint density at radius 1 is 0.889 bits per heavy atom. The Morgan fingerprint density at radius 2 is 1.56 bits per heavy atom. The zero-order valence-electron chi connectivity index (χ0n) is 14.7. The first-order valence-electron chi connectivity index (χ1n) is 8.47. The lowest BCUT2D eigenvalue weighted by Gasteiger charge is -2.20. The van der Waals surface area contributed by atoms with Crippen molar-refractivity contribution in [1.29, 1.82) is 0 Å². The number of aliphatic hydroxyl groups excluding tert-OH is 1. The van der Waals surface area contributed by atoms with Gasteiger partial charge in [-0.05, 0) is 40.5 Å². The average molecular weight is 403 g/mol. The number of aliphatic hydroxyl groups is 1. The van der Waals surface area contributed by atoms with Crippen molar-refractivity contribution in [2.75, 3.05) is 7.05 Å². The lowest BCUT2D eigenvalue weighted by Crippen LogP contribution is -2.98. The van der Waals surface area contributed by atoms with Gasteiger partial charge in [0.2, 0.25) is 0 Å². The van der Waals surface area contributed by atoms with Gasteiger partial charge in [0.05, 0.1) is 29.2 Å². The maximum Gasteiger partial charge on any atom is 0.131 e. The molecule has 6 heteroatoms. The smallest absolute Gasteiger partial charge is 0.131 e. The van der Waals surface area contributed by atoms with Gasteiger partial charge in [0.15, 0.2) is 0 Å². The summed E-state index contributed by atoms with van der Waals surface area (Å²) in [6.07, 6.45) is -0.889. The molecule has 0 amide bonds. The van der Waals surface area contributed by atoms with Gasteiger partial charge in [0.1, 0.15) is 5.69 Å². The maximum absolute atomic E-state index is 11.6. The summed E-state index contributed by atoms with van der Waals surface area (Å²) in [7, 11) is 1.54. The molecule has 0 aromatic heterocycles. The van der Waals surface area contributed by atoms with Crippen molar-refractivity contribution in [2.45, 2.75) is 12.1 Å². The Hall–Kier alpha value is -1.92. The lowest BCUT2D eigenvalue weighted by atomic mass is 9.95. The van der Waals surface area contributed by atoms with Gasteiger partial charge in [-0.1, -0.05) is 65.7 Å². The Balaban J connectivity index is 1.82. The van der Waals surface area contributed by atoms with Crippen LogP contribution in [0.25, 0.3) is 11.1 Å². The minimum absolute atomic E-state index is 0.0245. The molecule has 0 saturated heterocycles. The molecule has 0 radical (unpaired) electrons.